The molecule has 0 heterocycles. The van der Waals surface area contributed by atoms with Crippen molar-refractivity contribution in [3.63, 3.8) is 0 Å². The molecular weight excluding hydrogens is 176 g/mol. The molecule has 1 heteroatoms. The average molecular weight is 186 g/mol. The van der Waals surface area contributed by atoms with Crippen LogP contribution in [0.2, 0.25) is 0 Å². The molecule has 0 spiro atoms. The number of unbranched alkanes of at least 4 members (excludes halogenated alkanes) is 2. The molecule has 0 saturated heterocycles. The molecule has 0 aromatic heterocycles. The molecule has 0 unspecified atom stereocenters. The molecule has 0 aliphatic carbocycles. The Kier molecular flexibility index (Phi) is 9.44. The summed E-state index contributed by atoms with van der Waals surface area (Å²) in [5.41, 5.74) is 0. The van der Waals surface area contributed by atoms with Crippen LogP contribution in [0, 0.1) is 47.0 Å². The van der Waals surface area contributed by atoms with Gasteiger partial charge in [0.05, 0.1) is 0 Å². The Morgan fingerprint density at radius 2 is 1.23 bits per heavy atom. The Bertz CT molecular complexity index is 283. The summed E-state index contributed by atoms with van der Waals surface area (Å²) < 4.78 is 0. The Morgan fingerprint density at radius 1 is 0.769 bits per heavy atom. The normalized spacial score (nSPS) is 6.62. The van der Waals surface area contributed by atoms with Crippen LogP contribution in [0.1, 0.15) is 25.7 Å². The van der Waals surface area contributed by atoms with Crippen LogP contribution in [0.5, 0.6) is 0 Å². The van der Waals surface area contributed by atoms with E-state index in [-0.39, 0.29) is 0 Å². The fourth-order valence-electron chi connectivity index (χ4n) is 0.469. The minimum atomic E-state index is 0.706. The van der Waals surface area contributed by atoms with Crippen molar-refractivity contribution in [3.8, 4) is 47.0 Å². The van der Waals surface area contributed by atoms with Crippen molar-refractivity contribution in [1.82, 2.24) is 0 Å². The van der Waals surface area contributed by atoms with Crippen LogP contribution in [0.3, 0.4) is 0 Å². The monoisotopic (exact) mass is 186 g/mol. The van der Waals surface area contributed by atoms with Crippen LogP contribution in [0.15, 0.2) is 0 Å². The third-order valence-electron chi connectivity index (χ3n) is 1.04. The highest BCUT2D eigenvalue weighted by Crippen LogP contribution is 1.94. The summed E-state index contributed by atoms with van der Waals surface area (Å²) >= 11 is 1.29. The van der Waals surface area contributed by atoms with Crippen molar-refractivity contribution in [1.29, 1.82) is 0 Å². The summed E-state index contributed by atoms with van der Waals surface area (Å²) in [6.45, 7) is 0. The summed E-state index contributed by atoms with van der Waals surface area (Å²) in [4.78, 5) is 0. The molecule has 0 rings (SSSR count). The molecule has 0 radical (unpaired) electrons. The molecule has 0 aliphatic heterocycles. The Labute approximate surface area is 84.9 Å². The van der Waals surface area contributed by atoms with Gasteiger partial charge in [0.25, 0.3) is 0 Å². The molecule has 0 atom stereocenters. The number of terminal acetylenes is 2. The molecule has 0 nitrogen and oxygen atoms in total. The third kappa shape index (κ3) is 10.6. The van der Waals surface area contributed by atoms with E-state index in [1.807, 2.05) is 0 Å². The standard InChI is InChI=1S/C12H10S/c1-3-5-7-9-11-13-12-10-8-6-4-2/h1-2H,5-8H2. The molecule has 0 amide bonds. The zero-order chi connectivity index (χ0) is 9.78. The second-order valence-electron chi connectivity index (χ2n) is 2.07. The molecule has 0 aromatic rings. The highest BCUT2D eigenvalue weighted by atomic mass is 32.2. The maximum Gasteiger partial charge on any atom is 0.0208 e. The lowest BCUT2D eigenvalue weighted by Gasteiger charge is -1.77. The largest absolute Gasteiger partial charge is 0.120 e. The molecular formula is C12H10S. The maximum absolute atomic E-state index is 5.05. The lowest BCUT2D eigenvalue weighted by Crippen LogP contribution is -1.63. The Morgan fingerprint density at radius 3 is 1.62 bits per heavy atom. The van der Waals surface area contributed by atoms with Gasteiger partial charge >= 0.3 is 0 Å². The van der Waals surface area contributed by atoms with Gasteiger partial charge in [0, 0.05) is 37.4 Å². The second-order valence-corrected chi connectivity index (χ2v) is 2.68. The summed E-state index contributed by atoms with van der Waals surface area (Å²) in [5.74, 6) is 10.8. The second kappa shape index (κ2) is 10.6. The predicted octanol–water partition coefficient (Wildman–Crippen LogP) is 2.47. The van der Waals surface area contributed by atoms with E-state index in [1.165, 1.54) is 11.8 Å². The van der Waals surface area contributed by atoms with Crippen LogP contribution in [0.25, 0.3) is 0 Å². The third-order valence-corrected chi connectivity index (χ3v) is 1.53. The highest BCUT2D eigenvalue weighted by Gasteiger charge is 1.74. The molecule has 0 aromatic carbocycles. The van der Waals surface area contributed by atoms with Crippen LogP contribution < -0.4 is 0 Å². The number of rotatable bonds is 2. The maximum atomic E-state index is 5.05. The minimum absolute atomic E-state index is 0.706. The zero-order valence-corrected chi connectivity index (χ0v) is 8.21. The van der Waals surface area contributed by atoms with Crippen molar-refractivity contribution in [2.45, 2.75) is 25.7 Å². The van der Waals surface area contributed by atoms with E-state index < -0.39 is 0 Å². The SMILES string of the molecule is C#CCCC#CSC#CCCC#C. The van der Waals surface area contributed by atoms with Gasteiger partial charge < -0.3 is 0 Å². The molecule has 0 saturated carbocycles. The first kappa shape index (κ1) is 11.6. The van der Waals surface area contributed by atoms with E-state index in [0.29, 0.717) is 12.8 Å². The van der Waals surface area contributed by atoms with Crippen LogP contribution in [-0.4, -0.2) is 0 Å². The van der Waals surface area contributed by atoms with E-state index in [9.17, 15) is 0 Å². The zero-order valence-electron chi connectivity index (χ0n) is 7.39. The van der Waals surface area contributed by atoms with Gasteiger partial charge in [-0.1, -0.05) is 11.8 Å². The van der Waals surface area contributed by atoms with Crippen molar-refractivity contribution in [3.05, 3.63) is 0 Å². The quantitative estimate of drug-likeness (QED) is 0.471. The summed E-state index contributed by atoms with van der Waals surface area (Å²) in [5, 5.41) is 5.69. The summed E-state index contributed by atoms with van der Waals surface area (Å²) in [6, 6.07) is 0. The fourth-order valence-corrected chi connectivity index (χ4v) is 0.869. The van der Waals surface area contributed by atoms with Gasteiger partial charge in [0.2, 0.25) is 0 Å². The van der Waals surface area contributed by atoms with Gasteiger partial charge in [-0.3, -0.25) is 0 Å². The first-order chi connectivity index (χ1) is 6.41. The highest BCUT2D eigenvalue weighted by molar-refractivity contribution is 8.08. The molecule has 0 fully saturated rings. The van der Waals surface area contributed by atoms with Crippen molar-refractivity contribution in [2.75, 3.05) is 0 Å². The molecule has 0 N–H and O–H groups in total. The van der Waals surface area contributed by atoms with Crippen molar-refractivity contribution < 1.29 is 0 Å². The van der Waals surface area contributed by atoms with Gasteiger partial charge in [-0.05, 0) is 10.5 Å². The van der Waals surface area contributed by atoms with Crippen molar-refractivity contribution in [2.24, 2.45) is 0 Å². The van der Waals surface area contributed by atoms with E-state index in [4.69, 9.17) is 12.8 Å². The lowest BCUT2D eigenvalue weighted by molar-refractivity contribution is 1.12. The predicted molar refractivity (Wildman–Crippen MR) is 59.3 cm³/mol. The van der Waals surface area contributed by atoms with E-state index in [0.717, 1.165) is 12.8 Å². The summed E-state index contributed by atoms with van der Waals surface area (Å²) in [7, 11) is 0. The number of hydrogen-bond donors (Lipinski definition) is 0. The van der Waals surface area contributed by atoms with Crippen LogP contribution in [0.4, 0.5) is 0 Å². The van der Waals surface area contributed by atoms with Gasteiger partial charge in [0.1, 0.15) is 0 Å². The number of hydrogen-bond acceptors (Lipinski definition) is 1. The topological polar surface area (TPSA) is 0 Å². The van der Waals surface area contributed by atoms with Gasteiger partial charge in [-0.15, -0.1) is 24.7 Å². The first-order valence-corrected chi connectivity index (χ1v) is 4.72. The van der Waals surface area contributed by atoms with Crippen LogP contribution in [-0.2, 0) is 0 Å². The molecule has 0 aliphatic rings. The smallest absolute Gasteiger partial charge is 0.0208 e. The van der Waals surface area contributed by atoms with E-state index in [1.54, 1.807) is 0 Å². The lowest BCUT2D eigenvalue weighted by atomic mass is 10.3. The first-order valence-electron chi connectivity index (χ1n) is 3.90. The Hall–Kier alpha value is -1.41. The fraction of sp³-hybridized carbons (Fsp3) is 0.333. The van der Waals surface area contributed by atoms with Crippen LogP contribution >= 0.6 is 11.8 Å². The van der Waals surface area contributed by atoms with Crippen molar-refractivity contribution >= 4 is 11.8 Å². The molecule has 64 valence electrons. The Balaban J connectivity index is 3.40. The molecule has 13 heavy (non-hydrogen) atoms. The number of thioether (sulfide) groups is 1. The average Bonchev–Trinajstić information content (AvgIpc) is 2.16. The van der Waals surface area contributed by atoms with E-state index >= 15 is 0 Å². The van der Waals surface area contributed by atoms with Gasteiger partial charge in [-0.25, -0.2) is 0 Å². The van der Waals surface area contributed by atoms with Gasteiger partial charge in [-0.2, -0.15) is 0 Å². The molecule has 0 bridgehead atoms. The minimum Gasteiger partial charge on any atom is -0.120 e. The summed E-state index contributed by atoms with van der Waals surface area (Å²) in [6.07, 6.45) is 13.0. The van der Waals surface area contributed by atoms with E-state index in [2.05, 4.69) is 34.2 Å². The van der Waals surface area contributed by atoms with Gasteiger partial charge in [0.15, 0.2) is 0 Å².